The van der Waals surface area contributed by atoms with Crippen LogP contribution < -0.4 is 5.32 Å². The van der Waals surface area contributed by atoms with Crippen LogP contribution in [0.2, 0.25) is 0 Å². The third-order valence-corrected chi connectivity index (χ3v) is 5.82. The maximum atomic E-state index is 5.95. The molecule has 3 aliphatic rings. The van der Waals surface area contributed by atoms with E-state index in [4.69, 9.17) is 4.74 Å². The van der Waals surface area contributed by atoms with Crippen LogP contribution in [0.5, 0.6) is 0 Å². The number of hydrogen-bond acceptors (Lipinski definition) is 2. The Bertz CT molecular complexity index is 269. The Morgan fingerprint density at radius 1 is 1.29 bits per heavy atom. The number of hydrogen-bond donors (Lipinski definition) is 1. The van der Waals surface area contributed by atoms with Crippen molar-refractivity contribution in [1.29, 1.82) is 0 Å². The second-order valence-electron chi connectivity index (χ2n) is 6.50. The lowest BCUT2D eigenvalue weighted by Crippen LogP contribution is -2.60. The van der Waals surface area contributed by atoms with Crippen molar-refractivity contribution in [2.24, 2.45) is 17.8 Å². The van der Waals surface area contributed by atoms with Gasteiger partial charge in [-0.1, -0.05) is 13.3 Å². The van der Waals surface area contributed by atoms with E-state index < -0.39 is 0 Å². The maximum Gasteiger partial charge on any atom is 0.0833 e. The van der Waals surface area contributed by atoms with Crippen LogP contribution in [-0.2, 0) is 4.74 Å². The van der Waals surface area contributed by atoms with Gasteiger partial charge in [0.15, 0.2) is 0 Å². The van der Waals surface area contributed by atoms with Crippen LogP contribution in [0.4, 0.5) is 0 Å². The van der Waals surface area contributed by atoms with E-state index in [9.17, 15) is 0 Å². The number of methoxy groups -OCH3 is 1. The number of rotatable bonds is 5. The van der Waals surface area contributed by atoms with E-state index in [1.165, 1.54) is 44.9 Å². The molecule has 0 aromatic heterocycles. The van der Waals surface area contributed by atoms with E-state index in [0.717, 1.165) is 24.3 Å². The van der Waals surface area contributed by atoms with Gasteiger partial charge in [-0.25, -0.2) is 0 Å². The summed E-state index contributed by atoms with van der Waals surface area (Å²) in [5.41, 5.74) is 0.186. The summed E-state index contributed by atoms with van der Waals surface area (Å²) in [7, 11) is 1.93. The third-order valence-electron chi connectivity index (χ3n) is 5.82. The number of fused-ring (bicyclic) bond motifs is 2. The van der Waals surface area contributed by atoms with Crippen LogP contribution in [0, 0.1) is 17.8 Å². The van der Waals surface area contributed by atoms with E-state index in [-0.39, 0.29) is 5.60 Å². The van der Waals surface area contributed by atoms with Crippen molar-refractivity contribution in [3.63, 3.8) is 0 Å². The lowest BCUT2D eigenvalue weighted by Gasteiger charge is -2.50. The summed E-state index contributed by atoms with van der Waals surface area (Å²) in [5, 5.41) is 3.78. The van der Waals surface area contributed by atoms with Crippen molar-refractivity contribution in [3.8, 4) is 0 Å². The van der Waals surface area contributed by atoms with Crippen molar-refractivity contribution in [1.82, 2.24) is 5.32 Å². The van der Waals surface area contributed by atoms with Gasteiger partial charge in [0.25, 0.3) is 0 Å². The van der Waals surface area contributed by atoms with E-state index in [1.54, 1.807) is 0 Å². The highest BCUT2D eigenvalue weighted by Gasteiger charge is 2.52. The number of ether oxygens (including phenoxy) is 1. The Labute approximate surface area is 105 Å². The SMILES string of the molecule is CCNC(C1CC2CCC1C2)C1(OC)CCC1. The van der Waals surface area contributed by atoms with Gasteiger partial charge in [-0.2, -0.15) is 0 Å². The minimum Gasteiger partial charge on any atom is -0.377 e. The summed E-state index contributed by atoms with van der Waals surface area (Å²) in [6.07, 6.45) is 9.86. The van der Waals surface area contributed by atoms with Crippen molar-refractivity contribution in [2.75, 3.05) is 13.7 Å². The largest absolute Gasteiger partial charge is 0.377 e. The second-order valence-corrected chi connectivity index (χ2v) is 6.50. The molecule has 2 heteroatoms. The predicted octanol–water partition coefficient (Wildman–Crippen LogP) is 2.97. The van der Waals surface area contributed by atoms with Gasteiger partial charge in [0.1, 0.15) is 0 Å². The summed E-state index contributed by atoms with van der Waals surface area (Å²) < 4.78 is 5.95. The zero-order valence-electron chi connectivity index (χ0n) is 11.4. The summed E-state index contributed by atoms with van der Waals surface area (Å²) in [5.74, 6) is 2.94. The van der Waals surface area contributed by atoms with Crippen LogP contribution in [0.15, 0.2) is 0 Å². The van der Waals surface area contributed by atoms with Gasteiger partial charge in [-0.15, -0.1) is 0 Å². The smallest absolute Gasteiger partial charge is 0.0833 e. The van der Waals surface area contributed by atoms with Crippen LogP contribution in [-0.4, -0.2) is 25.3 Å². The molecule has 0 spiro atoms. The average Bonchev–Trinajstić information content (AvgIpc) is 2.88. The molecule has 0 heterocycles. The van der Waals surface area contributed by atoms with Crippen molar-refractivity contribution in [3.05, 3.63) is 0 Å². The molecule has 0 radical (unpaired) electrons. The molecule has 2 bridgehead atoms. The molecule has 0 aliphatic heterocycles. The molecule has 4 unspecified atom stereocenters. The highest BCUT2D eigenvalue weighted by molar-refractivity contribution is 5.07. The van der Waals surface area contributed by atoms with E-state index in [1.807, 2.05) is 7.11 Å². The summed E-state index contributed by atoms with van der Waals surface area (Å²) >= 11 is 0. The Kier molecular flexibility index (Phi) is 3.20. The van der Waals surface area contributed by atoms with E-state index in [0.29, 0.717) is 6.04 Å². The second kappa shape index (κ2) is 4.55. The minimum absolute atomic E-state index is 0.186. The molecule has 0 aromatic rings. The van der Waals surface area contributed by atoms with Crippen molar-refractivity contribution in [2.45, 2.75) is 63.5 Å². The molecule has 3 saturated carbocycles. The molecule has 0 aromatic carbocycles. The van der Waals surface area contributed by atoms with Crippen LogP contribution in [0.25, 0.3) is 0 Å². The molecule has 4 atom stereocenters. The molecule has 3 rings (SSSR count). The molecule has 3 fully saturated rings. The fourth-order valence-corrected chi connectivity index (χ4v) is 4.82. The van der Waals surface area contributed by atoms with E-state index in [2.05, 4.69) is 12.2 Å². The summed E-state index contributed by atoms with van der Waals surface area (Å²) in [6, 6.07) is 0.626. The highest BCUT2D eigenvalue weighted by atomic mass is 16.5. The first-order valence-corrected chi connectivity index (χ1v) is 7.57. The van der Waals surface area contributed by atoms with Gasteiger partial charge in [0.2, 0.25) is 0 Å². The number of likely N-dealkylation sites (N-methyl/N-ethyl adjacent to an activating group) is 1. The highest BCUT2D eigenvalue weighted by Crippen LogP contribution is 2.53. The quantitative estimate of drug-likeness (QED) is 0.793. The molecule has 0 amide bonds. The minimum atomic E-state index is 0.186. The first kappa shape index (κ1) is 12.0. The first-order valence-electron chi connectivity index (χ1n) is 7.57. The molecule has 0 saturated heterocycles. The summed E-state index contributed by atoms with van der Waals surface area (Å²) in [6.45, 7) is 3.33. The van der Waals surface area contributed by atoms with Gasteiger partial charge in [0.05, 0.1) is 5.60 Å². The van der Waals surface area contributed by atoms with Crippen molar-refractivity contribution < 1.29 is 4.74 Å². The molecule has 98 valence electrons. The van der Waals surface area contributed by atoms with Gasteiger partial charge in [-0.3, -0.25) is 0 Å². The lowest BCUT2D eigenvalue weighted by molar-refractivity contribution is -0.116. The van der Waals surface area contributed by atoms with Gasteiger partial charge in [0, 0.05) is 13.2 Å². The van der Waals surface area contributed by atoms with Crippen LogP contribution in [0.1, 0.15) is 51.9 Å². The summed E-state index contributed by atoms with van der Waals surface area (Å²) in [4.78, 5) is 0. The van der Waals surface area contributed by atoms with Crippen molar-refractivity contribution >= 4 is 0 Å². The average molecular weight is 237 g/mol. The maximum absolute atomic E-state index is 5.95. The lowest BCUT2D eigenvalue weighted by atomic mass is 9.67. The predicted molar refractivity (Wildman–Crippen MR) is 70.0 cm³/mol. The standard InChI is InChI=1S/C15H27NO/c1-3-16-14(15(17-2)7-4-8-15)13-10-11-5-6-12(13)9-11/h11-14,16H,3-10H2,1-2H3. The van der Waals surface area contributed by atoms with Gasteiger partial charge >= 0.3 is 0 Å². The van der Waals surface area contributed by atoms with Gasteiger partial charge in [-0.05, 0) is 62.8 Å². The Morgan fingerprint density at radius 2 is 2.12 bits per heavy atom. The monoisotopic (exact) mass is 237 g/mol. The zero-order valence-corrected chi connectivity index (χ0v) is 11.4. The first-order chi connectivity index (χ1) is 8.29. The van der Waals surface area contributed by atoms with Crippen LogP contribution >= 0.6 is 0 Å². The Hall–Kier alpha value is -0.0800. The normalized spacial score (nSPS) is 40.2. The Morgan fingerprint density at radius 3 is 2.53 bits per heavy atom. The third kappa shape index (κ3) is 1.84. The van der Waals surface area contributed by atoms with Crippen LogP contribution in [0.3, 0.4) is 0 Å². The fraction of sp³-hybridized carbons (Fsp3) is 1.00. The Balaban J connectivity index is 1.75. The fourth-order valence-electron chi connectivity index (χ4n) is 4.82. The molecule has 1 N–H and O–H groups in total. The zero-order chi connectivity index (χ0) is 11.9. The van der Waals surface area contributed by atoms with E-state index >= 15 is 0 Å². The topological polar surface area (TPSA) is 21.3 Å². The molecule has 3 aliphatic carbocycles. The van der Waals surface area contributed by atoms with Gasteiger partial charge < -0.3 is 10.1 Å². The molecular formula is C15H27NO. The number of nitrogens with one attached hydrogen (secondary N) is 1. The molecule has 2 nitrogen and oxygen atoms in total. The molecular weight excluding hydrogens is 210 g/mol. The molecule has 17 heavy (non-hydrogen) atoms.